The van der Waals surface area contributed by atoms with Crippen LogP contribution >= 0.6 is 0 Å². The molecule has 1 atom stereocenters. The van der Waals surface area contributed by atoms with E-state index in [1.165, 1.54) is 24.5 Å². The van der Waals surface area contributed by atoms with Gasteiger partial charge in [0.1, 0.15) is 0 Å². The molecule has 1 aromatic heterocycles. The lowest BCUT2D eigenvalue weighted by atomic mass is 10.0. The second kappa shape index (κ2) is 8.51. The lowest BCUT2D eigenvalue weighted by Crippen LogP contribution is -2.31. The fraction of sp³-hybridized carbons (Fsp3) is 0.250. The zero-order valence-corrected chi connectivity index (χ0v) is 15.9. The largest absolute Gasteiger partial charge is 0.463 e. The molecule has 0 radical (unpaired) electrons. The summed E-state index contributed by atoms with van der Waals surface area (Å²) in [4.78, 5) is 42.9. The van der Waals surface area contributed by atoms with Crippen LogP contribution in [0.1, 0.15) is 42.2 Å². The maximum atomic E-state index is 12.8. The lowest BCUT2D eigenvalue weighted by Gasteiger charge is -2.19. The van der Waals surface area contributed by atoms with Crippen molar-refractivity contribution < 1.29 is 19.2 Å². The second-order valence-corrected chi connectivity index (χ2v) is 6.72. The second-order valence-electron chi connectivity index (χ2n) is 6.72. The van der Waals surface area contributed by atoms with Crippen LogP contribution in [-0.2, 0) is 9.53 Å². The van der Waals surface area contributed by atoms with Gasteiger partial charge in [-0.05, 0) is 32.0 Å². The first-order chi connectivity index (χ1) is 13.8. The van der Waals surface area contributed by atoms with E-state index >= 15 is 0 Å². The summed E-state index contributed by atoms with van der Waals surface area (Å²) in [5.41, 5.74) is 1.77. The molecule has 3 rings (SSSR count). The highest BCUT2D eigenvalue weighted by atomic mass is 16.6. The van der Waals surface area contributed by atoms with Gasteiger partial charge in [0.2, 0.25) is 0 Å². The number of carbonyl (C=O) groups is 2. The van der Waals surface area contributed by atoms with E-state index in [2.05, 4.69) is 15.3 Å². The number of imidazole rings is 1. The van der Waals surface area contributed by atoms with Gasteiger partial charge in [0.25, 0.3) is 11.6 Å². The van der Waals surface area contributed by atoms with Gasteiger partial charge >= 0.3 is 5.97 Å². The van der Waals surface area contributed by atoms with Gasteiger partial charge in [-0.25, -0.2) is 4.98 Å². The Morgan fingerprint density at radius 2 is 2.00 bits per heavy atom. The molecule has 150 valence electrons. The predicted molar refractivity (Wildman–Crippen MR) is 105 cm³/mol. The number of aromatic nitrogens is 2. The van der Waals surface area contributed by atoms with Gasteiger partial charge in [0.05, 0.1) is 46.4 Å². The first kappa shape index (κ1) is 20.0. The Kier molecular flexibility index (Phi) is 5.87. The van der Waals surface area contributed by atoms with Crippen molar-refractivity contribution >= 4 is 28.6 Å². The smallest absolute Gasteiger partial charge is 0.308 e. The van der Waals surface area contributed by atoms with Crippen LogP contribution in [0.25, 0.3) is 11.0 Å². The number of ether oxygens (including phenoxy) is 1. The number of H-pyrrole nitrogens is 1. The number of esters is 1. The highest BCUT2D eigenvalue weighted by molar-refractivity contribution is 5.97. The van der Waals surface area contributed by atoms with E-state index in [-0.39, 0.29) is 23.8 Å². The number of para-hydroxylation sites is 1. The standard InChI is InChI=1S/C20H20N4O5/c1-12(2)29-19(25)10-16(14-5-3-4-6-18(14)24(27)28)23-20(26)13-7-8-15-17(9-13)22-11-21-15/h3-9,11-12,16H,10H2,1-2H3,(H,21,22)(H,23,26)/t16-/m0/s1. The molecule has 0 aliphatic heterocycles. The van der Waals surface area contributed by atoms with E-state index in [1.54, 1.807) is 38.1 Å². The topological polar surface area (TPSA) is 127 Å². The average molecular weight is 396 g/mol. The Hall–Kier alpha value is -3.75. The molecule has 0 bridgehead atoms. The van der Waals surface area contributed by atoms with Crippen LogP contribution < -0.4 is 5.32 Å². The van der Waals surface area contributed by atoms with Crippen molar-refractivity contribution in [1.29, 1.82) is 0 Å². The molecule has 1 heterocycles. The molecule has 1 amide bonds. The Morgan fingerprint density at radius 1 is 1.24 bits per heavy atom. The Morgan fingerprint density at radius 3 is 2.72 bits per heavy atom. The summed E-state index contributed by atoms with van der Waals surface area (Å²) in [5.74, 6) is -1.03. The van der Waals surface area contributed by atoms with Gasteiger partial charge in [-0.2, -0.15) is 0 Å². The molecule has 2 aromatic carbocycles. The predicted octanol–water partition coefficient (Wildman–Crippen LogP) is 3.28. The summed E-state index contributed by atoms with van der Waals surface area (Å²) >= 11 is 0. The van der Waals surface area contributed by atoms with Crippen LogP contribution in [0.5, 0.6) is 0 Å². The highest BCUT2D eigenvalue weighted by Gasteiger charge is 2.27. The van der Waals surface area contributed by atoms with Crippen molar-refractivity contribution in [3.63, 3.8) is 0 Å². The number of carbonyl (C=O) groups excluding carboxylic acids is 2. The van der Waals surface area contributed by atoms with E-state index in [9.17, 15) is 19.7 Å². The number of nitro benzene ring substituents is 1. The minimum Gasteiger partial charge on any atom is -0.463 e. The van der Waals surface area contributed by atoms with Crippen molar-refractivity contribution in [3.8, 4) is 0 Å². The number of hydrogen-bond acceptors (Lipinski definition) is 6. The zero-order valence-electron chi connectivity index (χ0n) is 15.9. The van der Waals surface area contributed by atoms with Crippen LogP contribution in [0.3, 0.4) is 0 Å². The third-order valence-corrected chi connectivity index (χ3v) is 4.23. The molecule has 2 N–H and O–H groups in total. The van der Waals surface area contributed by atoms with E-state index in [1.807, 2.05) is 0 Å². The zero-order chi connectivity index (χ0) is 21.0. The number of nitrogens with one attached hydrogen (secondary N) is 2. The normalized spacial score (nSPS) is 12.0. The quantitative estimate of drug-likeness (QED) is 0.358. The van der Waals surface area contributed by atoms with Crippen molar-refractivity contribution in [2.75, 3.05) is 0 Å². The van der Waals surface area contributed by atoms with E-state index in [0.29, 0.717) is 16.6 Å². The van der Waals surface area contributed by atoms with Gasteiger partial charge in [-0.1, -0.05) is 18.2 Å². The van der Waals surface area contributed by atoms with Gasteiger partial charge < -0.3 is 15.0 Å². The van der Waals surface area contributed by atoms with Crippen molar-refractivity contribution in [2.24, 2.45) is 0 Å². The molecule has 0 saturated heterocycles. The number of nitro groups is 1. The summed E-state index contributed by atoms with van der Waals surface area (Å²) in [6, 6.07) is 9.98. The summed E-state index contributed by atoms with van der Waals surface area (Å²) < 4.78 is 5.16. The molecule has 0 fully saturated rings. The average Bonchev–Trinajstić information content (AvgIpc) is 3.14. The molecular weight excluding hydrogens is 376 g/mol. The van der Waals surface area contributed by atoms with Gasteiger partial charge in [-0.3, -0.25) is 19.7 Å². The maximum absolute atomic E-state index is 12.8. The number of aromatic amines is 1. The third kappa shape index (κ3) is 4.75. The summed E-state index contributed by atoms with van der Waals surface area (Å²) in [5, 5.41) is 14.2. The number of amides is 1. The molecular formula is C20H20N4O5. The monoisotopic (exact) mass is 396 g/mol. The molecule has 0 unspecified atom stereocenters. The fourth-order valence-corrected chi connectivity index (χ4v) is 2.98. The van der Waals surface area contributed by atoms with Crippen molar-refractivity contribution in [1.82, 2.24) is 15.3 Å². The van der Waals surface area contributed by atoms with Crippen molar-refractivity contribution in [3.05, 3.63) is 70.0 Å². The van der Waals surface area contributed by atoms with Crippen LogP contribution in [0.2, 0.25) is 0 Å². The molecule has 9 heteroatoms. The molecule has 3 aromatic rings. The number of hydrogen-bond donors (Lipinski definition) is 2. The van der Waals surface area contributed by atoms with Crippen LogP contribution in [0.4, 0.5) is 5.69 Å². The van der Waals surface area contributed by atoms with Gasteiger partial charge in [-0.15, -0.1) is 0 Å². The van der Waals surface area contributed by atoms with E-state index < -0.39 is 22.8 Å². The first-order valence-electron chi connectivity index (χ1n) is 9.02. The third-order valence-electron chi connectivity index (χ3n) is 4.23. The molecule has 0 aliphatic rings. The molecule has 0 saturated carbocycles. The SMILES string of the molecule is CC(C)OC(=O)C[C@H](NC(=O)c1ccc2nc[nH]c2c1)c1ccccc1[N+](=O)[O-]. The van der Waals surface area contributed by atoms with Crippen LogP contribution in [0, 0.1) is 10.1 Å². The number of rotatable bonds is 7. The molecule has 0 spiro atoms. The lowest BCUT2D eigenvalue weighted by molar-refractivity contribution is -0.385. The molecule has 9 nitrogen and oxygen atoms in total. The van der Waals surface area contributed by atoms with Gasteiger partial charge in [0, 0.05) is 11.6 Å². The van der Waals surface area contributed by atoms with Crippen LogP contribution in [-0.4, -0.2) is 32.9 Å². The number of nitrogens with zero attached hydrogens (tertiary/aromatic N) is 2. The van der Waals surface area contributed by atoms with Crippen molar-refractivity contribution in [2.45, 2.75) is 32.4 Å². The maximum Gasteiger partial charge on any atom is 0.308 e. The van der Waals surface area contributed by atoms with E-state index in [0.717, 1.165) is 0 Å². The Balaban J connectivity index is 1.91. The molecule has 29 heavy (non-hydrogen) atoms. The minimum atomic E-state index is -0.923. The highest BCUT2D eigenvalue weighted by Crippen LogP contribution is 2.28. The summed E-state index contributed by atoms with van der Waals surface area (Å²) in [6.07, 6.45) is 0.943. The fourth-order valence-electron chi connectivity index (χ4n) is 2.98. The first-order valence-corrected chi connectivity index (χ1v) is 9.02. The summed E-state index contributed by atoms with van der Waals surface area (Å²) in [7, 11) is 0. The number of benzene rings is 2. The van der Waals surface area contributed by atoms with Gasteiger partial charge in [0.15, 0.2) is 0 Å². The minimum absolute atomic E-state index is 0.181. The Labute approximate surface area is 166 Å². The summed E-state index contributed by atoms with van der Waals surface area (Å²) in [6.45, 7) is 3.41. The molecule has 0 aliphatic carbocycles. The number of fused-ring (bicyclic) bond motifs is 1. The van der Waals surface area contributed by atoms with E-state index in [4.69, 9.17) is 4.74 Å². The Bertz CT molecular complexity index is 1060. The van der Waals surface area contributed by atoms with Crippen LogP contribution in [0.15, 0.2) is 48.8 Å².